The molecular weight excluding hydrogens is 268 g/mol. The number of aromatic nitrogens is 4. The molecule has 0 aliphatic heterocycles. The van der Waals surface area contributed by atoms with Crippen LogP contribution in [0.1, 0.15) is 12.6 Å². The summed E-state index contributed by atoms with van der Waals surface area (Å²) in [6.07, 6.45) is 1.57. The van der Waals surface area contributed by atoms with Crippen molar-refractivity contribution in [1.29, 1.82) is 0 Å². The molecule has 0 saturated heterocycles. The number of hydrogen-bond acceptors (Lipinski definition) is 6. The Balaban J connectivity index is 2.22. The molecule has 0 bridgehead atoms. The van der Waals surface area contributed by atoms with Gasteiger partial charge in [-0.3, -0.25) is 9.55 Å². The predicted molar refractivity (Wildman–Crippen MR) is 69.4 cm³/mol. The van der Waals surface area contributed by atoms with Crippen LogP contribution in [-0.4, -0.2) is 30.8 Å². The van der Waals surface area contributed by atoms with Crippen molar-refractivity contribution >= 4 is 17.6 Å². The van der Waals surface area contributed by atoms with E-state index in [9.17, 15) is 4.79 Å². The highest BCUT2D eigenvalue weighted by molar-refractivity contribution is 7.99. The van der Waals surface area contributed by atoms with Gasteiger partial charge in [-0.05, 0) is 30.8 Å². The molecule has 4 N–H and O–H groups in total. The number of hydrogen-bond donors (Lipinski definition) is 3. The Morgan fingerprint density at radius 3 is 3.00 bits per heavy atom. The van der Waals surface area contributed by atoms with Crippen LogP contribution in [0.3, 0.4) is 0 Å². The molecule has 2 aromatic heterocycles. The van der Waals surface area contributed by atoms with Crippen molar-refractivity contribution in [3.8, 4) is 0 Å². The van der Waals surface area contributed by atoms with E-state index in [1.807, 2.05) is 6.92 Å². The first-order chi connectivity index (χ1) is 9.15. The average molecular weight is 280 g/mol. The quantitative estimate of drug-likeness (QED) is 0.319. The van der Waals surface area contributed by atoms with Crippen LogP contribution in [0.4, 0.5) is 0 Å². The lowest BCUT2D eigenvalue weighted by atomic mass is 10.3. The van der Waals surface area contributed by atoms with Crippen molar-refractivity contribution in [3.63, 3.8) is 0 Å². The maximum absolute atomic E-state index is 11.4. The van der Waals surface area contributed by atoms with E-state index in [0.29, 0.717) is 17.4 Å². The lowest BCUT2D eigenvalue weighted by molar-refractivity contribution is 0.318. The van der Waals surface area contributed by atoms with Crippen molar-refractivity contribution in [3.05, 3.63) is 34.5 Å². The predicted octanol–water partition coefficient (Wildman–Crippen LogP) is 0.232. The van der Waals surface area contributed by atoms with Crippen LogP contribution in [0.25, 0.3) is 0 Å². The molecule has 0 aliphatic carbocycles. The molecule has 0 fully saturated rings. The number of nitrogens with zero attached hydrogens (tertiary/aromatic N) is 4. The van der Waals surface area contributed by atoms with E-state index in [1.54, 1.807) is 18.3 Å². The molecule has 0 amide bonds. The van der Waals surface area contributed by atoms with Gasteiger partial charge in [-0.1, -0.05) is 5.16 Å². The second kappa shape index (κ2) is 5.57. The van der Waals surface area contributed by atoms with Crippen LogP contribution in [0.2, 0.25) is 0 Å². The van der Waals surface area contributed by atoms with Crippen LogP contribution in [0.5, 0.6) is 0 Å². The lowest BCUT2D eigenvalue weighted by Crippen LogP contribution is -2.16. The molecule has 2 heterocycles. The van der Waals surface area contributed by atoms with E-state index >= 15 is 0 Å². The number of amidine groups is 1. The molecule has 0 unspecified atom stereocenters. The van der Waals surface area contributed by atoms with Gasteiger partial charge in [-0.25, -0.2) is 9.89 Å². The Labute approximate surface area is 112 Å². The van der Waals surface area contributed by atoms with Crippen molar-refractivity contribution in [2.24, 2.45) is 10.9 Å². The highest BCUT2D eigenvalue weighted by atomic mass is 32.2. The average Bonchev–Trinajstić information content (AvgIpc) is 2.79. The minimum absolute atomic E-state index is 0.0539. The number of H-pyrrole nitrogens is 1. The zero-order valence-electron chi connectivity index (χ0n) is 10.1. The van der Waals surface area contributed by atoms with Crippen molar-refractivity contribution in [2.45, 2.75) is 23.5 Å². The Morgan fingerprint density at radius 2 is 2.42 bits per heavy atom. The molecule has 0 saturated carbocycles. The summed E-state index contributed by atoms with van der Waals surface area (Å²) in [7, 11) is 0. The van der Waals surface area contributed by atoms with Gasteiger partial charge in [-0.2, -0.15) is 0 Å². The minimum Gasteiger partial charge on any atom is -0.409 e. The van der Waals surface area contributed by atoms with Crippen LogP contribution >= 0.6 is 11.8 Å². The smallest absolute Gasteiger partial charge is 0.343 e. The highest BCUT2D eigenvalue weighted by Gasteiger charge is 2.09. The van der Waals surface area contributed by atoms with Gasteiger partial charge in [0.25, 0.3) is 0 Å². The molecule has 0 atom stereocenters. The van der Waals surface area contributed by atoms with E-state index in [0.717, 1.165) is 4.90 Å². The minimum atomic E-state index is -0.244. The van der Waals surface area contributed by atoms with Gasteiger partial charge in [0, 0.05) is 17.6 Å². The Hall–Kier alpha value is -2.29. The van der Waals surface area contributed by atoms with E-state index < -0.39 is 0 Å². The fourth-order valence-corrected chi connectivity index (χ4v) is 2.27. The largest absolute Gasteiger partial charge is 0.409 e. The third-order valence-corrected chi connectivity index (χ3v) is 3.33. The van der Waals surface area contributed by atoms with Gasteiger partial charge >= 0.3 is 5.69 Å². The van der Waals surface area contributed by atoms with Gasteiger partial charge in [0.1, 0.15) is 5.69 Å². The zero-order valence-corrected chi connectivity index (χ0v) is 10.9. The fraction of sp³-hybridized carbons (Fsp3) is 0.200. The summed E-state index contributed by atoms with van der Waals surface area (Å²) >= 11 is 1.30. The second-order valence-corrected chi connectivity index (χ2v) is 4.56. The Morgan fingerprint density at radius 1 is 1.63 bits per heavy atom. The normalized spacial score (nSPS) is 11.7. The molecule has 0 aromatic carbocycles. The van der Waals surface area contributed by atoms with Gasteiger partial charge in [0.15, 0.2) is 11.0 Å². The van der Waals surface area contributed by atoms with Crippen LogP contribution in [-0.2, 0) is 6.54 Å². The molecule has 100 valence electrons. The van der Waals surface area contributed by atoms with Crippen molar-refractivity contribution < 1.29 is 5.21 Å². The Kier molecular flexibility index (Phi) is 3.85. The summed E-state index contributed by atoms with van der Waals surface area (Å²) in [6.45, 7) is 2.40. The van der Waals surface area contributed by atoms with Gasteiger partial charge in [0.2, 0.25) is 0 Å². The third kappa shape index (κ3) is 2.76. The van der Waals surface area contributed by atoms with E-state index in [1.165, 1.54) is 16.3 Å². The maximum atomic E-state index is 11.4. The van der Waals surface area contributed by atoms with E-state index in [4.69, 9.17) is 10.9 Å². The molecule has 19 heavy (non-hydrogen) atoms. The first-order valence-corrected chi connectivity index (χ1v) is 6.24. The SMILES string of the molecule is CCn1c(Sc2ccc(/C(N)=N/O)nc2)n[nH]c1=O. The standard InChI is InChI=1S/C10H12N6O2S/c1-2-16-9(17)13-14-10(16)19-6-3-4-7(12-5-6)8(11)15-18/h3-5,18H,2H2,1H3,(H2,11,15)(H,13,17). The monoisotopic (exact) mass is 280 g/mol. The first-order valence-electron chi connectivity index (χ1n) is 5.42. The number of oxime groups is 1. The second-order valence-electron chi connectivity index (χ2n) is 3.52. The van der Waals surface area contributed by atoms with Crippen molar-refractivity contribution in [1.82, 2.24) is 19.7 Å². The summed E-state index contributed by atoms with van der Waals surface area (Å²) in [5, 5.41) is 18.3. The summed E-state index contributed by atoms with van der Waals surface area (Å²) in [5.74, 6) is -0.0539. The van der Waals surface area contributed by atoms with Crippen LogP contribution in [0, 0.1) is 0 Å². The highest BCUT2D eigenvalue weighted by Crippen LogP contribution is 2.24. The van der Waals surface area contributed by atoms with Crippen LogP contribution < -0.4 is 11.4 Å². The fourth-order valence-electron chi connectivity index (χ4n) is 1.41. The van der Waals surface area contributed by atoms with Gasteiger partial charge in [0.05, 0.1) is 0 Å². The van der Waals surface area contributed by atoms with Crippen LogP contribution in [0.15, 0.2) is 38.3 Å². The summed E-state index contributed by atoms with van der Waals surface area (Å²) < 4.78 is 1.52. The molecule has 0 aliphatic rings. The molecule has 0 spiro atoms. The Bertz CT molecular complexity index is 645. The maximum Gasteiger partial charge on any atom is 0.343 e. The number of aromatic amines is 1. The topological polar surface area (TPSA) is 122 Å². The first kappa shape index (κ1) is 13.1. The van der Waals surface area contributed by atoms with E-state index in [2.05, 4.69) is 20.3 Å². The molecule has 0 radical (unpaired) electrons. The number of nitrogens with one attached hydrogen (secondary N) is 1. The lowest BCUT2D eigenvalue weighted by Gasteiger charge is -2.02. The molecule has 9 heteroatoms. The summed E-state index contributed by atoms with van der Waals surface area (Å²) in [5.41, 5.74) is 5.55. The van der Waals surface area contributed by atoms with Gasteiger partial charge < -0.3 is 10.9 Å². The molecule has 2 rings (SSSR count). The molecule has 8 nitrogen and oxygen atoms in total. The van der Waals surface area contributed by atoms with E-state index in [-0.39, 0.29) is 11.5 Å². The number of rotatable bonds is 4. The van der Waals surface area contributed by atoms with Gasteiger partial charge in [-0.15, -0.1) is 5.10 Å². The molecule has 2 aromatic rings. The third-order valence-electron chi connectivity index (χ3n) is 2.36. The summed E-state index contributed by atoms with van der Waals surface area (Å²) in [6, 6.07) is 3.38. The van der Waals surface area contributed by atoms with Crippen molar-refractivity contribution in [2.75, 3.05) is 0 Å². The zero-order chi connectivity index (χ0) is 13.8. The summed E-state index contributed by atoms with van der Waals surface area (Å²) in [4.78, 5) is 16.2. The molecular formula is C10H12N6O2S. The number of pyridine rings is 1. The number of nitrogens with two attached hydrogens (primary N) is 1.